The third-order valence-electron chi connectivity index (χ3n) is 3.77. The third-order valence-corrected chi connectivity index (χ3v) is 3.77. The van der Waals surface area contributed by atoms with Crippen molar-refractivity contribution in [2.75, 3.05) is 5.32 Å². The highest BCUT2D eigenvalue weighted by molar-refractivity contribution is 6.07. The molecular weight excluding hydrogens is 243 g/mol. The van der Waals surface area contributed by atoms with Crippen LogP contribution in [0.15, 0.2) is 18.2 Å². The quantitative estimate of drug-likeness (QED) is 0.859. The van der Waals surface area contributed by atoms with Crippen LogP contribution in [-0.2, 0) is 16.4 Å². The largest absolute Gasteiger partial charge is 0.418 e. The first-order valence-electron chi connectivity index (χ1n) is 5.89. The molecule has 1 amide bonds. The van der Waals surface area contributed by atoms with Gasteiger partial charge in [0.15, 0.2) is 0 Å². The van der Waals surface area contributed by atoms with Crippen LogP contribution >= 0.6 is 0 Å². The van der Waals surface area contributed by atoms with Crippen LogP contribution in [-0.4, -0.2) is 5.91 Å². The topological polar surface area (TPSA) is 29.1 Å². The minimum Gasteiger partial charge on any atom is -0.324 e. The zero-order valence-corrected chi connectivity index (χ0v) is 10.2. The van der Waals surface area contributed by atoms with Gasteiger partial charge in [-0.05, 0) is 24.5 Å². The Morgan fingerprint density at radius 2 is 1.83 bits per heavy atom. The maximum Gasteiger partial charge on any atom is 0.418 e. The minimum atomic E-state index is -4.45. The van der Waals surface area contributed by atoms with Crippen LogP contribution in [0.4, 0.5) is 18.9 Å². The maximum atomic E-state index is 12.9. The summed E-state index contributed by atoms with van der Waals surface area (Å²) in [4.78, 5) is 12.0. The number of fused-ring (bicyclic) bond motifs is 1. The lowest BCUT2D eigenvalue weighted by atomic mass is 9.76. The monoisotopic (exact) mass is 257 g/mol. The van der Waals surface area contributed by atoms with Crippen molar-refractivity contribution in [3.63, 3.8) is 0 Å². The molecule has 1 N–H and O–H groups in total. The molecule has 0 unspecified atom stereocenters. The number of anilines is 1. The Balaban J connectivity index is 2.67. The number of benzene rings is 1. The number of carbonyl (C=O) groups is 1. The van der Waals surface area contributed by atoms with E-state index in [-0.39, 0.29) is 11.6 Å². The van der Waals surface area contributed by atoms with Gasteiger partial charge < -0.3 is 5.32 Å². The number of alkyl halides is 3. The van der Waals surface area contributed by atoms with Gasteiger partial charge in [-0.15, -0.1) is 0 Å². The van der Waals surface area contributed by atoms with E-state index in [1.165, 1.54) is 6.07 Å². The molecule has 0 aromatic heterocycles. The Kier molecular flexibility index (Phi) is 2.87. The Bertz CT molecular complexity index is 489. The fourth-order valence-corrected chi connectivity index (χ4v) is 2.63. The van der Waals surface area contributed by atoms with E-state index in [9.17, 15) is 18.0 Å². The Hall–Kier alpha value is -1.52. The molecule has 0 saturated heterocycles. The van der Waals surface area contributed by atoms with Crippen LogP contribution in [0.1, 0.15) is 37.8 Å². The number of rotatable bonds is 2. The molecule has 0 aliphatic carbocycles. The second-order valence-electron chi connectivity index (χ2n) is 4.47. The van der Waals surface area contributed by atoms with Gasteiger partial charge in [-0.25, -0.2) is 0 Å². The van der Waals surface area contributed by atoms with Gasteiger partial charge in [0.1, 0.15) is 0 Å². The molecule has 2 nitrogen and oxygen atoms in total. The number of hydrogen-bond acceptors (Lipinski definition) is 1. The molecule has 1 heterocycles. The van der Waals surface area contributed by atoms with E-state index in [1.807, 2.05) is 13.8 Å². The summed E-state index contributed by atoms with van der Waals surface area (Å²) in [7, 11) is 0. The molecular formula is C13H14F3NO. The summed E-state index contributed by atoms with van der Waals surface area (Å²) >= 11 is 0. The zero-order valence-electron chi connectivity index (χ0n) is 10.2. The Morgan fingerprint density at radius 1 is 1.22 bits per heavy atom. The van der Waals surface area contributed by atoms with E-state index < -0.39 is 17.2 Å². The number of para-hydroxylation sites is 1. The fraction of sp³-hybridized carbons (Fsp3) is 0.462. The number of nitrogens with one attached hydrogen (secondary N) is 1. The molecule has 1 aliphatic heterocycles. The second kappa shape index (κ2) is 4.00. The first-order chi connectivity index (χ1) is 8.36. The highest BCUT2D eigenvalue weighted by Crippen LogP contribution is 2.47. The van der Waals surface area contributed by atoms with E-state index in [2.05, 4.69) is 5.32 Å². The minimum absolute atomic E-state index is 0.0706. The average molecular weight is 257 g/mol. The van der Waals surface area contributed by atoms with Crippen LogP contribution in [0.3, 0.4) is 0 Å². The van der Waals surface area contributed by atoms with Crippen molar-refractivity contribution in [2.24, 2.45) is 0 Å². The summed E-state index contributed by atoms with van der Waals surface area (Å²) in [5.74, 6) is -0.334. The van der Waals surface area contributed by atoms with Gasteiger partial charge in [-0.2, -0.15) is 13.2 Å². The van der Waals surface area contributed by atoms with E-state index in [0.29, 0.717) is 18.4 Å². The summed E-state index contributed by atoms with van der Waals surface area (Å²) in [6, 6.07) is 3.97. The predicted octanol–water partition coefficient (Wildman–Crippen LogP) is 3.72. The SMILES string of the molecule is CCC1(CC)C(=O)Nc2c(C(F)(F)F)cccc21. The van der Waals surface area contributed by atoms with E-state index in [4.69, 9.17) is 0 Å². The van der Waals surface area contributed by atoms with Crippen molar-refractivity contribution in [2.45, 2.75) is 38.3 Å². The molecule has 0 spiro atoms. The standard InChI is InChI=1S/C13H14F3NO/c1-3-12(4-2)8-6-5-7-9(13(14,15)16)10(8)17-11(12)18/h5-7H,3-4H2,1-2H3,(H,17,18). The number of amides is 1. The van der Waals surface area contributed by atoms with Crippen LogP contribution in [0.5, 0.6) is 0 Å². The second-order valence-corrected chi connectivity index (χ2v) is 4.47. The van der Waals surface area contributed by atoms with E-state index >= 15 is 0 Å². The van der Waals surface area contributed by atoms with Gasteiger partial charge in [0.25, 0.3) is 0 Å². The Morgan fingerprint density at radius 3 is 2.33 bits per heavy atom. The molecule has 1 aromatic rings. The summed E-state index contributed by atoms with van der Waals surface area (Å²) < 4.78 is 38.6. The lowest BCUT2D eigenvalue weighted by Crippen LogP contribution is -2.32. The van der Waals surface area contributed by atoms with Crippen molar-refractivity contribution in [1.29, 1.82) is 0 Å². The number of hydrogen-bond donors (Lipinski definition) is 1. The molecule has 0 radical (unpaired) electrons. The van der Waals surface area contributed by atoms with Crippen molar-refractivity contribution < 1.29 is 18.0 Å². The first-order valence-corrected chi connectivity index (χ1v) is 5.89. The summed E-state index contributed by atoms with van der Waals surface area (Å²) in [6.45, 7) is 3.64. The fourth-order valence-electron chi connectivity index (χ4n) is 2.63. The normalized spacial score (nSPS) is 17.5. The molecule has 98 valence electrons. The summed E-state index contributed by atoms with van der Waals surface area (Å²) in [6.07, 6.45) is -3.47. The van der Waals surface area contributed by atoms with Crippen LogP contribution < -0.4 is 5.32 Å². The van der Waals surface area contributed by atoms with Gasteiger partial charge in [-0.3, -0.25) is 4.79 Å². The molecule has 0 fully saturated rings. The highest BCUT2D eigenvalue weighted by Gasteiger charge is 2.47. The average Bonchev–Trinajstić information content (AvgIpc) is 2.59. The molecule has 1 aromatic carbocycles. The zero-order chi connectivity index (χ0) is 13.6. The lowest BCUT2D eigenvalue weighted by Gasteiger charge is -2.24. The molecule has 0 bridgehead atoms. The molecule has 2 rings (SSSR count). The number of halogens is 3. The van der Waals surface area contributed by atoms with Crippen molar-refractivity contribution in [1.82, 2.24) is 0 Å². The van der Waals surface area contributed by atoms with Gasteiger partial charge >= 0.3 is 6.18 Å². The van der Waals surface area contributed by atoms with Crippen LogP contribution in [0.25, 0.3) is 0 Å². The molecule has 0 atom stereocenters. The Labute approximate surface area is 103 Å². The maximum absolute atomic E-state index is 12.9. The van der Waals surface area contributed by atoms with Crippen molar-refractivity contribution in [3.8, 4) is 0 Å². The molecule has 1 aliphatic rings. The predicted molar refractivity (Wildman–Crippen MR) is 62.3 cm³/mol. The summed E-state index contributed by atoms with van der Waals surface area (Å²) in [5, 5.41) is 2.41. The van der Waals surface area contributed by atoms with Crippen LogP contribution in [0.2, 0.25) is 0 Å². The summed E-state index contributed by atoms with van der Waals surface area (Å²) in [5.41, 5.74) is -1.19. The van der Waals surface area contributed by atoms with Crippen molar-refractivity contribution >= 4 is 11.6 Å². The van der Waals surface area contributed by atoms with Gasteiger partial charge in [0.2, 0.25) is 5.91 Å². The molecule has 18 heavy (non-hydrogen) atoms. The van der Waals surface area contributed by atoms with Crippen LogP contribution in [0, 0.1) is 0 Å². The smallest absolute Gasteiger partial charge is 0.324 e. The van der Waals surface area contributed by atoms with Gasteiger partial charge in [0, 0.05) is 0 Å². The van der Waals surface area contributed by atoms with Crippen molar-refractivity contribution in [3.05, 3.63) is 29.3 Å². The highest BCUT2D eigenvalue weighted by atomic mass is 19.4. The first kappa shape index (κ1) is 12.9. The number of carbonyl (C=O) groups excluding carboxylic acids is 1. The van der Waals surface area contributed by atoms with E-state index in [1.54, 1.807) is 6.07 Å². The third kappa shape index (κ3) is 1.61. The lowest BCUT2D eigenvalue weighted by molar-refractivity contribution is -0.136. The molecule has 5 heteroatoms. The van der Waals surface area contributed by atoms with E-state index in [0.717, 1.165) is 6.07 Å². The molecule has 0 saturated carbocycles. The van der Waals surface area contributed by atoms with Gasteiger partial charge in [-0.1, -0.05) is 26.0 Å². The van der Waals surface area contributed by atoms with Gasteiger partial charge in [0.05, 0.1) is 16.7 Å².